The fraction of sp³-hybridized carbons (Fsp3) is 0.417. The third-order valence-corrected chi connectivity index (χ3v) is 4.03. The van der Waals surface area contributed by atoms with Crippen LogP contribution in [-0.2, 0) is 13.8 Å². The lowest BCUT2D eigenvalue weighted by molar-refractivity contribution is -0.131. The molecule has 0 saturated heterocycles. The van der Waals surface area contributed by atoms with Gasteiger partial charge in [-0.3, -0.25) is 4.79 Å². The molecule has 1 aromatic rings. The molecular weight excluding hydrogens is 290 g/mol. The quantitative estimate of drug-likeness (QED) is 0.778. The monoisotopic (exact) mass is 305 g/mol. The molecule has 0 fully saturated rings. The first-order chi connectivity index (χ1) is 8.75. The highest BCUT2D eigenvalue weighted by atomic mass is 35.7. The summed E-state index contributed by atoms with van der Waals surface area (Å²) in [7, 11) is 3.17. The van der Waals surface area contributed by atoms with Gasteiger partial charge in [-0.05, 0) is 37.6 Å². The zero-order valence-corrected chi connectivity index (χ0v) is 12.6. The Bertz CT molecular complexity index is 571. The van der Waals surface area contributed by atoms with Crippen LogP contribution < -0.4 is 4.74 Å². The minimum absolute atomic E-state index is 0.0102. The molecule has 1 aromatic carbocycles. The average Bonchev–Trinajstić information content (AvgIpc) is 2.34. The fourth-order valence-corrected chi connectivity index (χ4v) is 2.20. The van der Waals surface area contributed by atoms with Gasteiger partial charge in [0.1, 0.15) is 5.75 Å². The van der Waals surface area contributed by atoms with Gasteiger partial charge in [0.25, 0.3) is 15.0 Å². The number of carbonyl (C=O) groups excluding carboxylic acids is 1. The molecular formula is C12H16ClNO4S. The maximum absolute atomic E-state index is 11.6. The highest BCUT2D eigenvalue weighted by molar-refractivity contribution is 8.13. The van der Waals surface area contributed by atoms with Crippen molar-refractivity contribution in [3.05, 3.63) is 23.8 Å². The lowest BCUT2D eigenvalue weighted by Gasteiger charge is -2.15. The normalized spacial score (nSPS) is 11.2. The number of aryl methyl sites for hydroxylation is 1. The van der Waals surface area contributed by atoms with Crippen LogP contribution >= 0.6 is 10.7 Å². The van der Waals surface area contributed by atoms with Gasteiger partial charge in [0.15, 0.2) is 6.61 Å². The van der Waals surface area contributed by atoms with Crippen molar-refractivity contribution < 1.29 is 17.9 Å². The van der Waals surface area contributed by atoms with Crippen LogP contribution in [0.2, 0.25) is 0 Å². The molecule has 1 amide bonds. The number of nitrogens with zero attached hydrogens (tertiary/aromatic N) is 1. The van der Waals surface area contributed by atoms with Crippen molar-refractivity contribution in [3.8, 4) is 5.75 Å². The van der Waals surface area contributed by atoms with E-state index in [0.29, 0.717) is 17.9 Å². The number of amides is 1. The first-order valence-corrected chi connectivity index (χ1v) is 7.98. The molecule has 5 nitrogen and oxygen atoms in total. The van der Waals surface area contributed by atoms with E-state index in [-0.39, 0.29) is 17.4 Å². The summed E-state index contributed by atoms with van der Waals surface area (Å²) in [5, 5.41) is 0. The van der Waals surface area contributed by atoms with Crippen molar-refractivity contribution in [1.29, 1.82) is 0 Å². The Morgan fingerprint density at radius 2 is 2.05 bits per heavy atom. The predicted octanol–water partition coefficient (Wildman–Crippen LogP) is 1.78. The smallest absolute Gasteiger partial charge is 0.261 e. The minimum Gasteiger partial charge on any atom is -0.483 e. The lowest BCUT2D eigenvalue weighted by Crippen LogP contribution is -2.31. The van der Waals surface area contributed by atoms with E-state index in [0.717, 1.165) is 0 Å². The molecule has 19 heavy (non-hydrogen) atoms. The fourth-order valence-electron chi connectivity index (χ4n) is 1.36. The molecule has 0 bridgehead atoms. The van der Waals surface area contributed by atoms with Crippen LogP contribution in [0.3, 0.4) is 0 Å². The van der Waals surface area contributed by atoms with Crippen LogP contribution in [0.15, 0.2) is 23.1 Å². The molecule has 0 saturated carbocycles. The summed E-state index contributed by atoms with van der Waals surface area (Å²) in [5.41, 5.74) is 0.605. The van der Waals surface area contributed by atoms with Crippen LogP contribution in [-0.4, -0.2) is 39.4 Å². The van der Waals surface area contributed by atoms with Crippen molar-refractivity contribution in [2.75, 3.05) is 20.2 Å². The third-order valence-electron chi connectivity index (χ3n) is 2.68. The van der Waals surface area contributed by atoms with Crippen LogP contribution in [0, 0.1) is 6.92 Å². The second-order valence-corrected chi connectivity index (χ2v) is 6.63. The summed E-state index contributed by atoms with van der Waals surface area (Å²) in [5.74, 6) is 0.317. The molecule has 0 unspecified atom stereocenters. The van der Waals surface area contributed by atoms with Gasteiger partial charge in [0.2, 0.25) is 0 Å². The number of hydrogen-bond acceptors (Lipinski definition) is 4. The van der Waals surface area contributed by atoms with Crippen molar-refractivity contribution in [2.24, 2.45) is 0 Å². The molecule has 0 aliphatic rings. The third kappa shape index (κ3) is 4.40. The highest BCUT2D eigenvalue weighted by Crippen LogP contribution is 2.23. The van der Waals surface area contributed by atoms with E-state index in [1.165, 1.54) is 23.1 Å². The molecule has 106 valence electrons. The van der Waals surface area contributed by atoms with Gasteiger partial charge in [-0.15, -0.1) is 0 Å². The van der Waals surface area contributed by atoms with Crippen LogP contribution in [0.4, 0.5) is 0 Å². The molecule has 0 spiro atoms. The average molecular weight is 306 g/mol. The molecule has 0 radical (unpaired) electrons. The minimum atomic E-state index is -3.75. The first-order valence-electron chi connectivity index (χ1n) is 5.67. The van der Waals surface area contributed by atoms with Crippen LogP contribution in [0.1, 0.15) is 12.5 Å². The summed E-state index contributed by atoms with van der Waals surface area (Å²) >= 11 is 0. The van der Waals surface area contributed by atoms with Gasteiger partial charge in [0.05, 0.1) is 4.90 Å². The van der Waals surface area contributed by atoms with E-state index < -0.39 is 9.05 Å². The number of ether oxygens (including phenoxy) is 1. The Balaban J connectivity index is 2.79. The molecule has 0 aliphatic heterocycles. The Morgan fingerprint density at radius 1 is 1.42 bits per heavy atom. The van der Waals surface area contributed by atoms with E-state index in [9.17, 15) is 13.2 Å². The Labute approximate surface area is 117 Å². The Hall–Kier alpha value is -1.27. The molecule has 0 aliphatic carbocycles. The first kappa shape index (κ1) is 15.8. The summed E-state index contributed by atoms with van der Waals surface area (Å²) < 4.78 is 27.7. The largest absolute Gasteiger partial charge is 0.483 e. The zero-order chi connectivity index (χ0) is 14.6. The number of likely N-dealkylation sites (N-methyl/N-ethyl adjacent to an activating group) is 1. The molecule has 0 N–H and O–H groups in total. The second kappa shape index (κ2) is 6.25. The van der Waals surface area contributed by atoms with Crippen molar-refractivity contribution in [3.63, 3.8) is 0 Å². The van der Waals surface area contributed by atoms with Crippen molar-refractivity contribution >= 4 is 25.6 Å². The topological polar surface area (TPSA) is 63.7 Å². The molecule has 0 atom stereocenters. The van der Waals surface area contributed by atoms with Crippen LogP contribution in [0.5, 0.6) is 5.75 Å². The van der Waals surface area contributed by atoms with Gasteiger partial charge >= 0.3 is 0 Å². The number of rotatable bonds is 5. The van der Waals surface area contributed by atoms with Gasteiger partial charge in [-0.25, -0.2) is 8.42 Å². The second-order valence-electron chi connectivity index (χ2n) is 4.06. The maximum atomic E-state index is 11.6. The van der Waals surface area contributed by atoms with Crippen molar-refractivity contribution in [1.82, 2.24) is 4.90 Å². The number of halogens is 1. The maximum Gasteiger partial charge on any atom is 0.261 e. The van der Waals surface area contributed by atoms with Gasteiger partial charge in [0, 0.05) is 24.3 Å². The van der Waals surface area contributed by atoms with Crippen LogP contribution in [0.25, 0.3) is 0 Å². The summed E-state index contributed by atoms with van der Waals surface area (Å²) in [4.78, 5) is 13.1. The highest BCUT2D eigenvalue weighted by Gasteiger charge is 2.13. The summed E-state index contributed by atoms with van der Waals surface area (Å²) in [6.07, 6.45) is 0. The Kier molecular flexibility index (Phi) is 5.20. The van der Waals surface area contributed by atoms with E-state index in [2.05, 4.69) is 0 Å². The van der Waals surface area contributed by atoms with E-state index >= 15 is 0 Å². The summed E-state index contributed by atoms with van der Waals surface area (Å²) in [6.45, 7) is 4.07. The predicted molar refractivity (Wildman–Crippen MR) is 73.0 cm³/mol. The lowest BCUT2D eigenvalue weighted by atomic mass is 10.2. The van der Waals surface area contributed by atoms with E-state index in [1.54, 1.807) is 14.0 Å². The van der Waals surface area contributed by atoms with Gasteiger partial charge < -0.3 is 9.64 Å². The zero-order valence-electron chi connectivity index (χ0n) is 11.0. The Morgan fingerprint density at radius 3 is 2.53 bits per heavy atom. The standard InChI is InChI=1S/C12H16ClNO4S/c1-4-14(3)12(15)8-18-11-6-5-10(7-9(11)2)19(13,16)17/h5-7H,4,8H2,1-3H3. The molecule has 0 heterocycles. The van der Waals surface area contributed by atoms with E-state index in [1.807, 2.05) is 6.92 Å². The van der Waals surface area contributed by atoms with E-state index in [4.69, 9.17) is 15.4 Å². The number of hydrogen-bond donors (Lipinski definition) is 0. The number of benzene rings is 1. The van der Waals surface area contributed by atoms with Gasteiger partial charge in [-0.1, -0.05) is 0 Å². The molecule has 0 aromatic heterocycles. The molecule has 7 heteroatoms. The molecule has 1 rings (SSSR count). The SMILES string of the molecule is CCN(C)C(=O)COc1ccc(S(=O)(=O)Cl)cc1C. The van der Waals surface area contributed by atoms with Gasteiger partial charge in [-0.2, -0.15) is 0 Å². The summed E-state index contributed by atoms with van der Waals surface area (Å²) in [6, 6.07) is 4.24. The van der Waals surface area contributed by atoms with Crippen molar-refractivity contribution in [2.45, 2.75) is 18.7 Å². The number of carbonyl (C=O) groups is 1.